The predicted octanol–water partition coefficient (Wildman–Crippen LogP) is 1.22. The van der Waals surface area contributed by atoms with E-state index in [1.54, 1.807) is 0 Å². The van der Waals surface area contributed by atoms with Crippen molar-refractivity contribution in [3.63, 3.8) is 0 Å². The Bertz CT molecular complexity index is 204. The number of likely N-dealkylation sites (N-methyl/N-ethyl adjacent to an activating group) is 1. The number of likely N-dealkylation sites (tertiary alicyclic amines) is 1. The Kier molecular flexibility index (Phi) is 4.62. The van der Waals surface area contributed by atoms with Crippen molar-refractivity contribution in [3.8, 4) is 0 Å². The monoisotopic (exact) mass is 226 g/mol. The Morgan fingerprint density at radius 1 is 1.25 bits per heavy atom. The van der Waals surface area contributed by atoms with Crippen molar-refractivity contribution in [2.24, 2.45) is 5.92 Å². The summed E-state index contributed by atoms with van der Waals surface area (Å²) in [4.78, 5) is 2.63. The summed E-state index contributed by atoms with van der Waals surface area (Å²) in [6.07, 6.45) is 8.44. The van der Waals surface area contributed by atoms with Crippen LogP contribution in [0.2, 0.25) is 0 Å². The molecule has 0 radical (unpaired) electrons. The van der Waals surface area contributed by atoms with Crippen molar-refractivity contribution < 1.29 is 5.11 Å². The first-order valence-corrected chi connectivity index (χ1v) is 6.87. The van der Waals surface area contributed by atoms with Gasteiger partial charge in [-0.2, -0.15) is 0 Å². The smallest absolute Gasteiger partial charge is 0.0597 e. The molecule has 0 aromatic rings. The highest BCUT2D eigenvalue weighted by atomic mass is 16.3. The molecule has 0 aromatic carbocycles. The summed E-state index contributed by atoms with van der Waals surface area (Å²) in [7, 11) is 1.95. The van der Waals surface area contributed by atoms with Gasteiger partial charge in [-0.1, -0.05) is 12.8 Å². The third-order valence-electron chi connectivity index (χ3n) is 4.44. The summed E-state index contributed by atoms with van der Waals surface area (Å²) in [6, 6.07) is 1.06. The second kappa shape index (κ2) is 5.99. The fourth-order valence-corrected chi connectivity index (χ4v) is 3.48. The largest absolute Gasteiger partial charge is 0.395 e. The van der Waals surface area contributed by atoms with E-state index in [9.17, 15) is 5.11 Å². The van der Waals surface area contributed by atoms with Gasteiger partial charge in [-0.05, 0) is 45.2 Å². The Labute approximate surface area is 99.2 Å². The number of piperidine rings is 1. The van der Waals surface area contributed by atoms with Crippen molar-refractivity contribution in [1.82, 2.24) is 10.2 Å². The molecule has 0 bridgehead atoms. The first-order valence-electron chi connectivity index (χ1n) is 6.87. The minimum absolute atomic E-state index is 0.251. The summed E-state index contributed by atoms with van der Waals surface area (Å²) >= 11 is 0. The van der Waals surface area contributed by atoms with Gasteiger partial charge in [-0.15, -0.1) is 0 Å². The summed E-state index contributed by atoms with van der Waals surface area (Å²) < 4.78 is 0. The van der Waals surface area contributed by atoms with E-state index in [1.165, 1.54) is 45.1 Å². The van der Waals surface area contributed by atoms with Gasteiger partial charge >= 0.3 is 0 Å². The molecule has 1 saturated heterocycles. The van der Waals surface area contributed by atoms with Crippen LogP contribution in [0.3, 0.4) is 0 Å². The first-order chi connectivity index (χ1) is 7.85. The lowest BCUT2D eigenvalue weighted by Gasteiger charge is -2.45. The average Bonchev–Trinajstić information content (AvgIpc) is 2.36. The lowest BCUT2D eigenvalue weighted by atomic mass is 9.78. The quantitative estimate of drug-likeness (QED) is 0.756. The molecule has 3 heteroatoms. The van der Waals surface area contributed by atoms with Crippen LogP contribution in [0, 0.1) is 5.92 Å². The molecule has 1 saturated carbocycles. The van der Waals surface area contributed by atoms with Gasteiger partial charge in [0, 0.05) is 18.6 Å². The number of hydrogen-bond acceptors (Lipinski definition) is 3. The van der Waals surface area contributed by atoms with Gasteiger partial charge in [0.1, 0.15) is 0 Å². The van der Waals surface area contributed by atoms with Crippen molar-refractivity contribution >= 4 is 0 Å². The van der Waals surface area contributed by atoms with E-state index in [1.807, 2.05) is 7.05 Å². The molecular formula is C13H26N2O. The van der Waals surface area contributed by atoms with Gasteiger partial charge in [0.25, 0.3) is 0 Å². The third kappa shape index (κ3) is 2.76. The fraction of sp³-hybridized carbons (Fsp3) is 1.00. The van der Waals surface area contributed by atoms with Crippen LogP contribution in [0.15, 0.2) is 0 Å². The standard InChI is InChI=1S/C13H26N2O/c1-14-12(10-16)9-15-8-4-6-11-5-2-3-7-13(11)15/h11-14,16H,2-10H2,1H3/t11-,12?,13-/m1/s1. The minimum atomic E-state index is 0.251. The second-order valence-corrected chi connectivity index (χ2v) is 5.42. The lowest BCUT2D eigenvalue weighted by Crippen LogP contribution is -2.52. The van der Waals surface area contributed by atoms with Crippen LogP contribution in [0.25, 0.3) is 0 Å². The highest BCUT2D eigenvalue weighted by molar-refractivity contribution is 4.88. The molecule has 94 valence electrons. The van der Waals surface area contributed by atoms with Crippen molar-refractivity contribution in [2.75, 3.05) is 26.7 Å². The molecule has 0 amide bonds. The predicted molar refractivity (Wildman–Crippen MR) is 66.5 cm³/mol. The zero-order valence-electron chi connectivity index (χ0n) is 10.5. The van der Waals surface area contributed by atoms with Crippen molar-refractivity contribution in [1.29, 1.82) is 0 Å². The van der Waals surface area contributed by atoms with Crippen molar-refractivity contribution in [3.05, 3.63) is 0 Å². The van der Waals surface area contributed by atoms with Crippen LogP contribution in [0.5, 0.6) is 0 Å². The first kappa shape index (κ1) is 12.3. The fourth-order valence-electron chi connectivity index (χ4n) is 3.48. The number of rotatable bonds is 4. The summed E-state index contributed by atoms with van der Waals surface area (Å²) in [6.45, 7) is 2.51. The van der Waals surface area contributed by atoms with Crippen molar-refractivity contribution in [2.45, 2.75) is 50.6 Å². The molecule has 2 rings (SSSR count). The molecule has 16 heavy (non-hydrogen) atoms. The zero-order chi connectivity index (χ0) is 11.4. The number of hydrogen-bond donors (Lipinski definition) is 2. The maximum Gasteiger partial charge on any atom is 0.0597 e. The highest BCUT2D eigenvalue weighted by Gasteiger charge is 2.33. The molecule has 1 aliphatic heterocycles. The summed E-state index contributed by atoms with van der Waals surface area (Å²) in [5.74, 6) is 0.943. The molecule has 1 unspecified atom stereocenters. The van der Waals surface area contributed by atoms with E-state index in [-0.39, 0.29) is 12.6 Å². The zero-order valence-corrected chi connectivity index (χ0v) is 10.5. The minimum Gasteiger partial charge on any atom is -0.395 e. The average molecular weight is 226 g/mol. The molecule has 2 aliphatic rings. The number of aliphatic hydroxyl groups is 1. The SMILES string of the molecule is CNC(CO)CN1CCC[C@H]2CCCC[C@H]21. The molecule has 1 aliphatic carbocycles. The van der Waals surface area contributed by atoms with E-state index in [0.29, 0.717) is 0 Å². The molecule has 3 atom stereocenters. The van der Waals surface area contributed by atoms with E-state index >= 15 is 0 Å². The topological polar surface area (TPSA) is 35.5 Å². The van der Waals surface area contributed by atoms with E-state index in [0.717, 1.165) is 18.5 Å². The van der Waals surface area contributed by atoms with E-state index in [2.05, 4.69) is 10.2 Å². The molecular weight excluding hydrogens is 200 g/mol. The van der Waals surface area contributed by atoms with Gasteiger partial charge < -0.3 is 10.4 Å². The second-order valence-electron chi connectivity index (χ2n) is 5.42. The van der Waals surface area contributed by atoms with Gasteiger partial charge in [0.15, 0.2) is 0 Å². The summed E-state index contributed by atoms with van der Waals surface area (Å²) in [5, 5.41) is 12.5. The van der Waals surface area contributed by atoms with Crippen LogP contribution in [0.4, 0.5) is 0 Å². The maximum atomic E-state index is 9.26. The lowest BCUT2D eigenvalue weighted by molar-refractivity contribution is 0.0469. The third-order valence-corrected chi connectivity index (χ3v) is 4.44. The molecule has 3 nitrogen and oxygen atoms in total. The Morgan fingerprint density at radius 3 is 2.75 bits per heavy atom. The number of nitrogens with zero attached hydrogens (tertiary/aromatic N) is 1. The molecule has 2 N–H and O–H groups in total. The Balaban J connectivity index is 1.91. The number of nitrogens with one attached hydrogen (secondary N) is 1. The normalized spacial score (nSPS) is 33.4. The molecule has 0 spiro atoms. The molecule has 1 heterocycles. The van der Waals surface area contributed by atoms with Crippen LogP contribution < -0.4 is 5.32 Å². The van der Waals surface area contributed by atoms with Gasteiger partial charge in [-0.3, -0.25) is 4.90 Å². The number of aliphatic hydroxyl groups excluding tert-OH is 1. The van der Waals surface area contributed by atoms with Gasteiger partial charge in [0.2, 0.25) is 0 Å². The summed E-state index contributed by atoms with van der Waals surface area (Å²) in [5.41, 5.74) is 0. The maximum absolute atomic E-state index is 9.26. The Morgan fingerprint density at radius 2 is 2.00 bits per heavy atom. The highest BCUT2D eigenvalue weighted by Crippen LogP contribution is 2.35. The number of fused-ring (bicyclic) bond motifs is 1. The van der Waals surface area contributed by atoms with Crippen LogP contribution in [-0.2, 0) is 0 Å². The Hall–Kier alpha value is -0.120. The van der Waals surface area contributed by atoms with Gasteiger partial charge in [-0.25, -0.2) is 0 Å². The van der Waals surface area contributed by atoms with E-state index < -0.39 is 0 Å². The molecule has 2 fully saturated rings. The van der Waals surface area contributed by atoms with Crippen LogP contribution >= 0.6 is 0 Å². The molecule has 0 aromatic heterocycles. The van der Waals surface area contributed by atoms with Gasteiger partial charge in [0.05, 0.1) is 6.61 Å². The van der Waals surface area contributed by atoms with E-state index in [4.69, 9.17) is 0 Å². The van der Waals surface area contributed by atoms with Crippen LogP contribution in [0.1, 0.15) is 38.5 Å². The van der Waals surface area contributed by atoms with Crippen LogP contribution in [-0.4, -0.2) is 48.8 Å².